The first kappa shape index (κ1) is 20.5. The molecule has 0 rings (SSSR count). The fourth-order valence-electron chi connectivity index (χ4n) is 2.77. The number of hydrogen-bond acceptors (Lipinski definition) is 3. The van der Waals surface area contributed by atoms with Gasteiger partial charge in [0.25, 0.3) is 0 Å². The van der Waals surface area contributed by atoms with Gasteiger partial charge < -0.3 is 13.0 Å². The van der Waals surface area contributed by atoms with Crippen molar-refractivity contribution >= 4 is 25.4 Å². The molecule has 0 fully saturated rings. The molecule has 0 unspecified atom stereocenters. The number of hydrogen-bond donors (Lipinski definition) is 1. The highest BCUT2D eigenvalue weighted by molar-refractivity contribution is 6.87. The molecule has 0 aliphatic rings. The minimum atomic E-state index is -3.00. The van der Waals surface area contributed by atoms with Crippen molar-refractivity contribution < 1.29 is 13.0 Å². The average Bonchev–Trinajstić information content (AvgIpc) is 2.51. The van der Waals surface area contributed by atoms with Crippen molar-refractivity contribution in [1.82, 2.24) is 0 Å². The van der Waals surface area contributed by atoms with Crippen molar-refractivity contribution in [2.75, 3.05) is 0 Å². The lowest BCUT2D eigenvalue weighted by Crippen LogP contribution is -2.58. The minimum Gasteiger partial charge on any atom is -0.416 e. The van der Waals surface area contributed by atoms with E-state index in [0.717, 1.165) is 36.3 Å². The topological polar surface area (TPSA) is 38.7 Å². The molecule has 122 valence electrons. The molecule has 0 heterocycles. The highest BCUT2D eigenvalue weighted by Gasteiger charge is 2.48. The Morgan fingerprint density at radius 1 is 0.550 bits per heavy atom. The van der Waals surface area contributed by atoms with E-state index in [4.69, 9.17) is 8.23 Å². The Bertz CT molecular complexity index is 228. The largest absolute Gasteiger partial charge is 0.477 e. The van der Waals surface area contributed by atoms with Crippen LogP contribution >= 0.6 is 0 Å². The van der Waals surface area contributed by atoms with Gasteiger partial charge >= 0.3 is 8.80 Å². The van der Waals surface area contributed by atoms with Gasteiger partial charge in [0.05, 0.1) is 0 Å². The van der Waals surface area contributed by atoms with E-state index in [1.54, 1.807) is 0 Å². The van der Waals surface area contributed by atoms with Crippen LogP contribution in [-0.4, -0.2) is 30.2 Å². The normalized spacial score (nSPS) is 13.8. The summed E-state index contributed by atoms with van der Waals surface area (Å²) in [6.07, 6.45) is 0. The summed E-state index contributed by atoms with van der Waals surface area (Å²) in [6.45, 7) is 15.2. The summed E-state index contributed by atoms with van der Waals surface area (Å²) in [5, 5.41) is 0. The van der Waals surface area contributed by atoms with Crippen LogP contribution in [0.25, 0.3) is 0 Å². The summed E-state index contributed by atoms with van der Waals surface area (Å²) >= 11 is 0. The highest BCUT2D eigenvalue weighted by Crippen LogP contribution is 2.32. The van der Waals surface area contributed by atoms with Crippen molar-refractivity contribution in [3.8, 4) is 0 Å². The van der Waals surface area contributed by atoms with Crippen LogP contribution in [0.15, 0.2) is 0 Å². The van der Waals surface area contributed by atoms with E-state index in [1.807, 2.05) is 6.92 Å². The second-order valence-electron chi connectivity index (χ2n) is 5.76. The Morgan fingerprint density at radius 3 is 0.950 bits per heavy atom. The van der Waals surface area contributed by atoms with Crippen LogP contribution < -0.4 is 0 Å². The second-order valence-corrected chi connectivity index (χ2v) is 18.5. The molecule has 0 aromatic rings. The first-order chi connectivity index (χ1) is 9.34. The summed E-state index contributed by atoms with van der Waals surface area (Å²) in [4.78, 5) is 11.0. The lowest BCUT2D eigenvalue weighted by Gasteiger charge is -2.41. The lowest BCUT2D eigenvalue weighted by molar-refractivity contribution is 0.237. The Hall–Kier alpha value is 0.531. The standard InChI is InChI=1S/C14H36O3Si3/c1-8-18(9-2,10-3)16-20(15,14-7)17-19(11-4,12-5)13-6/h15H,8-14H2,1-7H3. The Balaban J connectivity index is 5.19. The maximum absolute atomic E-state index is 11.0. The molecule has 3 nitrogen and oxygen atoms in total. The molecular formula is C14H36O3Si3. The fourth-order valence-corrected chi connectivity index (χ4v) is 16.3. The summed E-state index contributed by atoms with van der Waals surface area (Å²) in [6, 6.07) is 7.05. The zero-order valence-corrected chi connectivity index (χ0v) is 17.7. The van der Waals surface area contributed by atoms with E-state index in [-0.39, 0.29) is 0 Å². The Morgan fingerprint density at radius 2 is 0.800 bits per heavy atom. The molecule has 0 aliphatic carbocycles. The van der Waals surface area contributed by atoms with Gasteiger partial charge in [0.1, 0.15) is 0 Å². The molecule has 6 heteroatoms. The highest BCUT2D eigenvalue weighted by atomic mass is 28.5. The van der Waals surface area contributed by atoms with Gasteiger partial charge in [-0.05, 0) is 36.3 Å². The van der Waals surface area contributed by atoms with Gasteiger partial charge in [-0.3, -0.25) is 0 Å². The molecule has 0 spiro atoms. The molecule has 0 saturated heterocycles. The van der Waals surface area contributed by atoms with Crippen molar-refractivity contribution in [2.45, 2.75) is 90.8 Å². The molecule has 0 radical (unpaired) electrons. The van der Waals surface area contributed by atoms with Gasteiger partial charge in [-0.15, -0.1) is 0 Å². The van der Waals surface area contributed by atoms with Crippen molar-refractivity contribution in [3.63, 3.8) is 0 Å². The zero-order valence-electron chi connectivity index (χ0n) is 14.7. The van der Waals surface area contributed by atoms with Crippen molar-refractivity contribution in [2.24, 2.45) is 0 Å². The lowest BCUT2D eigenvalue weighted by atomic mass is 10.9. The van der Waals surface area contributed by atoms with E-state index < -0.39 is 25.4 Å². The van der Waals surface area contributed by atoms with E-state index >= 15 is 0 Å². The van der Waals surface area contributed by atoms with Crippen LogP contribution in [0.4, 0.5) is 0 Å². The summed E-state index contributed by atoms with van der Waals surface area (Å²) in [5.74, 6) is 0. The van der Waals surface area contributed by atoms with Crippen LogP contribution in [0, 0.1) is 0 Å². The SMILES string of the molecule is CC[Si](CC)(CC)O[Si](O)(CC)O[Si](CC)(CC)CC. The van der Waals surface area contributed by atoms with E-state index in [1.165, 1.54) is 0 Å². The molecule has 0 atom stereocenters. The van der Waals surface area contributed by atoms with E-state index in [2.05, 4.69) is 41.5 Å². The molecular weight excluding hydrogens is 300 g/mol. The van der Waals surface area contributed by atoms with Gasteiger partial charge in [-0.2, -0.15) is 0 Å². The molecule has 0 aromatic heterocycles. The molecule has 0 bridgehead atoms. The smallest absolute Gasteiger partial charge is 0.416 e. The summed E-state index contributed by atoms with van der Waals surface area (Å²) < 4.78 is 12.9. The van der Waals surface area contributed by atoms with Crippen LogP contribution in [0.3, 0.4) is 0 Å². The van der Waals surface area contributed by atoms with E-state index in [0.29, 0.717) is 6.04 Å². The molecule has 0 aromatic carbocycles. The van der Waals surface area contributed by atoms with Gasteiger partial charge in [0.2, 0.25) is 0 Å². The third-order valence-electron chi connectivity index (χ3n) is 5.06. The molecule has 0 amide bonds. The average molecular weight is 337 g/mol. The molecule has 0 aliphatic heterocycles. The van der Waals surface area contributed by atoms with Crippen molar-refractivity contribution in [3.05, 3.63) is 0 Å². The third kappa shape index (κ3) is 5.07. The van der Waals surface area contributed by atoms with Crippen LogP contribution in [-0.2, 0) is 8.23 Å². The quantitative estimate of drug-likeness (QED) is 0.541. The molecule has 20 heavy (non-hydrogen) atoms. The summed E-state index contributed by atoms with van der Waals surface area (Å²) in [7, 11) is -6.60. The number of rotatable bonds is 11. The monoisotopic (exact) mass is 336 g/mol. The Labute approximate surface area is 129 Å². The van der Waals surface area contributed by atoms with Gasteiger partial charge in [-0.25, -0.2) is 0 Å². The minimum absolute atomic E-state index is 0.649. The maximum atomic E-state index is 11.0. The van der Waals surface area contributed by atoms with E-state index in [9.17, 15) is 4.80 Å². The van der Waals surface area contributed by atoms with Crippen molar-refractivity contribution in [1.29, 1.82) is 0 Å². The summed E-state index contributed by atoms with van der Waals surface area (Å²) in [5.41, 5.74) is 0. The zero-order chi connectivity index (χ0) is 15.9. The predicted molar refractivity (Wildman–Crippen MR) is 95.0 cm³/mol. The first-order valence-corrected chi connectivity index (χ1v) is 15.5. The third-order valence-corrected chi connectivity index (χ3v) is 19.7. The predicted octanol–water partition coefficient (Wildman–Crippen LogP) is 4.98. The van der Waals surface area contributed by atoms with Gasteiger partial charge in [-0.1, -0.05) is 48.5 Å². The first-order valence-electron chi connectivity index (χ1n) is 8.46. The van der Waals surface area contributed by atoms with Gasteiger partial charge in [0, 0.05) is 6.04 Å². The van der Waals surface area contributed by atoms with Crippen LogP contribution in [0.2, 0.25) is 42.3 Å². The maximum Gasteiger partial charge on any atom is 0.477 e. The second kappa shape index (κ2) is 8.85. The molecule has 0 saturated carbocycles. The van der Waals surface area contributed by atoms with Crippen LogP contribution in [0.1, 0.15) is 48.5 Å². The fraction of sp³-hybridized carbons (Fsp3) is 1.00. The van der Waals surface area contributed by atoms with Gasteiger partial charge in [0.15, 0.2) is 16.6 Å². The molecule has 1 N–H and O–H groups in total. The van der Waals surface area contributed by atoms with Crippen LogP contribution in [0.5, 0.6) is 0 Å². The Kier molecular flexibility index (Phi) is 9.08.